The lowest BCUT2D eigenvalue weighted by molar-refractivity contribution is 0.668. The topological polar surface area (TPSA) is 12.0 Å². The van der Waals surface area contributed by atoms with Crippen LogP contribution in [0.1, 0.15) is 66.2 Å². The Hall–Kier alpha value is -0.820. The van der Waals surface area contributed by atoms with Crippen LogP contribution >= 0.6 is 0 Å². The van der Waals surface area contributed by atoms with E-state index in [4.69, 9.17) is 0 Å². The van der Waals surface area contributed by atoms with Gasteiger partial charge in [-0.25, -0.2) is 0 Å². The Balaban J connectivity index is 4.60. The molecule has 0 spiro atoms. The maximum absolute atomic E-state index is 4.11. The molecule has 0 heterocycles. The minimum atomic E-state index is 0.492. The second-order valence-corrected chi connectivity index (χ2v) is 5.99. The van der Waals surface area contributed by atoms with Gasteiger partial charge in [-0.05, 0) is 59.0 Å². The third-order valence-corrected chi connectivity index (χ3v) is 3.94. The van der Waals surface area contributed by atoms with Gasteiger partial charge in [0.2, 0.25) is 0 Å². The Bertz CT molecular complexity index is 323. The normalized spacial score (nSPS) is 14.4. The fourth-order valence-corrected chi connectivity index (χ4v) is 2.22. The summed E-state index contributed by atoms with van der Waals surface area (Å²) in [5.41, 5.74) is 4.28. The van der Waals surface area contributed by atoms with E-state index in [2.05, 4.69) is 51.7 Å². The quantitative estimate of drug-likeness (QED) is 0.292. The minimum Gasteiger partial charge on any atom is -0.320 e. The molecule has 1 heteroatoms. The summed E-state index contributed by atoms with van der Waals surface area (Å²) in [7, 11) is 2.02. The predicted octanol–water partition coefficient (Wildman–Crippen LogP) is 5.65. The Morgan fingerprint density at radius 1 is 1.10 bits per heavy atom. The van der Waals surface area contributed by atoms with Gasteiger partial charge in [0.25, 0.3) is 0 Å². The molecule has 0 bridgehead atoms. The minimum absolute atomic E-state index is 0.492. The lowest BCUT2D eigenvalue weighted by Crippen LogP contribution is -2.09. The highest BCUT2D eigenvalue weighted by molar-refractivity contribution is 5.23. The molecule has 0 aliphatic carbocycles. The standard InChI is InChI=1S/C19H35N/c1-7-8-9-11-17(4)13-14-19(12-10-15-20-6)18(5)16(2)3/h13-14,18,20H,2,7-12,15H2,1,3-6H3/b17-13+,19-14-. The largest absolute Gasteiger partial charge is 0.320 e. The van der Waals surface area contributed by atoms with Crippen molar-refractivity contribution in [1.82, 2.24) is 5.32 Å². The fraction of sp³-hybridized carbons (Fsp3) is 0.684. The molecular formula is C19H35N. The first-order chi connectivity index (χ1) is 9.52. The van der Waals surface area contributed by atoms with Gasteiger partial charge in [-0.3, -0.25) is 0 Å². The molecule has 0 radical (unpaired) electrons. The lowest BCUT2D eigenvalue weighted by Gasteiger charge is -2.16. The van der Waals surface area contributed by atoms with E-state index in [1.54, 1.807) is 0 Å². The number of unbranched alkanes of at least 4 members (excludes halogenated alkanes) is 2. The summed E-state index contributed by atoms with van der Waals surface area (Å²) < 4.78 is 0. The molecule has 0 aromatic heterocycles. The highest BCUT2D eigenvalue weighted by Crippen LogP contribution is 2.23. The Morgan fingerprint density at radius 2 is 1.80 bits per heavy atom. The van der Waals surface area contributed by atoms with Crippen LogP contribution in [-0.4, -0.2) is 13.6 Å². The highest BCUT2D eigenvalue weighted by Gasteiger charge is 2.08. The molecule has 116 valence electrons. The summed E-state index contributed by atoms with van der Waals surface area (Å²) in [6.07, 6.45) is 12.2. The number of rotatable bonds is 11. The van der Waals surface area contributed by atoms with Gasteiger partial charge in [-0.2, -0.15) is 0 Å². The molecule has 0 saturated heterocycles. The summed E-state index contributed by atoms with van der Waals surface area (Å²) in [6, 6.07) is 0. The average Bonchev–Trinajstić information content (AvgIpc) is 2.42. The van der Waals surface area contributed by atoms with Crippen molar-refractivity contribution >= 4 is 0 Å². The van der Waals surface area contributed by atoms with Gasteiger partial charge in [0.1, 0.15) is 0 Å². The number of nitrogens with one attached hydrogen (secondary N) is 1. The van der Waals surface area contributed by atoms with E-state index in [1.807, 2.05) is 7.05 Å². The Morgan fingerprint density at radius 3 is 2.35 bits per heavy atom. The van der Waals surface area contributed by atoms with Crippen molar-refractivity contribution in [1.29, 1.82) is 0 Å². The van der Waals surface area contributed by atoms with E-state index in [1.165, 1.54) is 48.8 Å². The molecule has 1 atom stereocenters. The maximum Gasteiger partial charge on any atom is -0.00238 e. The van der Waals surface area contributed by atoms with Crippen molar-refractivity contribution in [2.75, 3.05) is 13.6 Å². The summed E-state index contributed by atoms with van der Waals surface area (Å²) in [4.78, 5) is 0. The molecule has 0 aliphatic heterocycles. The molecule has 0 aliphatic rings. The van der Waals surface area contributed by atoms with Gasteiger partial charge < -0.3 is 5.32 Å². The second-order valence-electron chi connectivity index (χ2n) is 5.99. The van der Waals surface area contributed by atoms with Crippen molar-refractivity contribution in [3.05, 3.63) is 35.5 Å². The molecule has 0 aromatic rings. The highest BCUT2D eigenvalue weighted by atomic mass is 14.8. The number of allylic oxidation sites excluding steroid dienone is 5. The van der Waals surface area contributed by atoms with E-state index in [0.717, 1.165) is 13.0 Å². The zero-order chi connectivity index (χ0) is 15.4. The van der Waals surface area contributed by atoms with Crippen LogP contribution < -0.4 is 5.32 Å². The first-order valence-corrected chi connectivity index (χ1v) is 8.19. The average molecular weight is 277 g/mol. The molecule has 0 fully saturated rings. The fourth-order valence-electron chi connectivity index (χ4n) is 2.22. The van der Waals surface area contributed by atoms with Crippen LogP contribution in [-0.2, 0) is 0 Å². The monoisotopic (exact) mass is 277 g/mol. The summed E-state index contributed by atoms with van der Waals surface area (Å²) in [5, 5.41) is 3.23. The molecule has 0 saturated carbocycles. The third kappa shape index (κ3) is 9.14. The smallest absolute Gasteiger partial charge is 0.00238 e. The molecule has 0 aromatic carbocycles. The second kappa shape index (κ2) is 12.0. The van der Waals surface area contributed by atoms with E-state index in [0.29, 0.717) is 5.92 Å². The molecule has 0 amide bonds. The van der Waals surface area contributed by atoms with Gasteiger partial charge in [-0.1, -0.05) is 62.1 Å². The number of hydrogen-bond donors (Lipinski definition) is 1. The molecular weight excluding hydrogens is 242 g/mol. The molecule has 1 nitrogen and oxygen atoms in total. The van der Waals surface area contributed by atoms with Gasteiger partial charge in [0.15, 0.2) is 0 Å². The first-order valence-electron chi connectivity index (χ1n) is 8.19. The van der Waals surface area contributed by atoms with Gasteiger partial charge in [0.05, 0.1) is 0 Å². The van der Waals surface area contributed by atoms with E-state index in [-0.39, 0.29) is 0 Å². The van der Waals surface area contributed by atoms with Crippen molar-refractivity contribution < 1.29 is 0 Å². The van der Waals surface area contributed by atoms with E-state index >= 15 is 0 Å². The lowest BCUT2D eigenvalue weighted by atomic mass is 9.90. The van der Waals surface area contributed by atoms with Crippen LogP contribution in [0.5, 0.6) is 0 Å². The van der Waals surface area contributed by atoms with E-state index in [9.17, 15) is 0 Å². The Labute approximate surface area is 127 Å². The van der Waals surface area contributed by atoms with Gasteiger partial charge in [0, 0.05) is 0 Å². The van der Waals surface area contributed by atoms with Crippen LogP contribution in [0.4, 0.5) is 0 Å². The van der Waals surface area contributed by atoms with Crippen LogP contribution in [0.2, 0.25) is 0 Å². The third-order valence-electron chi connectivity index (χ3n) is 3.94. The molecule has 20 heavy (non-hydrogen) atoms. The van der Waals surface area contributed by atoms with Crippen LogP contribution in [0, 0.1) is 5.92 Å². The van der Waals surface area contributed by atoms with Crippen molar-refractivity contribution in [2.45, 2.75) is 66.2 Å². The van der Waals surface area contributed by atoms with Crippen LogP contribution in [0.25, 0.3) is 0 Å². The van der Waals surface area contributed by atoms with Gasteiger partial charge in [-0.15, -0.1) is 0 Å². The van der Waals surface area contributed by atoms with Crippen molar-refractivity contribution in [3.63, 3.8) is 0 Å². The molecule has 1 unspecified atom stereocenters. The molecule has 1 N–H and O–H groups in total. The van der Waals surface area contributed by atoms with Crippen molar-refractivity contribution in [2.24, 2.45) is 5.92 Å². The SMILES string of the molecule is C=C(C)C(C)/C(=C\C=C(/C)CCCCC)CCCNC. The predicted molar refractivity (Wildman–Crippen MR) is 93.1 cm³/mol. The molecule has 0 rings (SSSR count). The van der Waals surface area contributed by atoms with Crippen molar-refractivity contribution in [3.8, 4) is 0 Å². The maximum atomic E-state index is 4.11. The zero-order valence-electron chi connectivity index (χ0n) is 14.4. The van der Waals surface area contributed by atoms with Crippen LogP contribution in [0.15, 0.2) is 35.5 Å². The van der Waals surface area contributed by atoms with E-state index < -0.39 is 0 Å². The summed E-state index contributed by atoms with van der Waals surface area (Å²) >= 11 is 0. The Kier molecular flexibility index (Phi) is 11.5. The zero-order valence-corrected chi connectivity index (χ0v) is 14.4. The van der Waals surface area contributed by atoms with Gasteiger partial charge >= 0.3 is 0 Å². The summed E-state index contributed by atoms with van der Waals surface area (Å²) in [5.74, 6) is 0.492. The summed E-state index contributed by atoms with van der Waals surface area (Å²) in [6.45, 7) is 14.1. The first kappa shape index (κ1) is 19.2. The number of hydrogen-bond acceptors (Lipinski definition) is 1. The van der Waals surface area contributed by atoms with Crippen LogP contribution in [0.3, 0.4) is 0 Å².